The van der Waals surface area contributed by atoms with Gasteiger partial charge in [0, 0.05) is 50.0 Å². The van der Waals surface area contributed by atoms with Crippen LogP contribution in [0.2, 0.25) is 0 Å². The van der Waals surface area contributed by atoms with Crippen LogP contribution in [-0.4, -0.2) is 38.6 Å². The zero-order chi connectivity index (χ0) is 23.3. The molecule has 0 saturated heterocycles. The molecule has 0 N–H and O–H groups in total. The Balaban J connectivity index is 2.19. The van der Waals surface area contributed by atoms with E-state index in [2.05, 4.69) is 47.5 Å². The Bertz CT molecular complexity index is 940. The molecule has 6 heteroatoms. The van der Waals surface area contributed by atoms with Gasteiger partial charge in [0.2, 0.25) is 0 Å². The summed E-state index contributed by atoms with van der Waals surface area (Å²) in [5.41, 5.74) is 3.94. The molecule has 0 aliphatic rings. The highest BCUT2D eigenvalue weighted by molar-refractivity contribution is 5.83. The number of anilines is 2. The third-order valence-electron chi connectivity index (χ3n) is 5.16. The molecular formula is C26H30N6. The Hall–Kier alpha value is -3.90. The van der Waals surface area contributed by atoms with E-state index in [1.807, 2.05) is 60.7 Å². The molecule has 2 aromatic carbocycles. The SMILES string of the molecule is CCN(CC)c1ccc(C=NC(C#N)=C(C#N)N=Cc2ccc(N(CC)CC)cc2)cc1. The number of hydrogen-bond acceptors (Lipinski definition) is 6. The molecule has 0 heterocycles. The maximum Gasteiger partial charge on any atom is 0.176 e. The van der Waals surface area contributed by atoms with Crippen molar-refractivity contribution < 1.29 is 0 Å². The molecule has 6 nitrogen and oxygen atoms in total. The summed E-state index contributed by atoms with van der Waals surface area (Å²) in [4.78, 5) is 12.9. The van der Waals surface area contributed by atoms with E-state index < -0.39 is 0 Å². The molecule has 2 rings (SSSR count). The highest BCUT2D eigenvalue weighted by Crippen LogP contribution is 2.16. The van der Waals surface area contributed by atoms with Crippen molar-refractivity contribution in [3.63, 3.8) is 0 Å². The number of benzene rings is 2. The van der Waals surface area contributed by atoms with E-state index in [-0.39, 0.29) is 11.4 Å². The molecule has 0 aliphatic carbocycles. The molecule has 0 radical (unpaired) electrons. The minimum atomic E-state index is -0.0173. The molecule has 0 fully saturated rings. The van der Waals surface area contributed by atoms with Gasteiger partial charge in [0.1, 0.15) is 12.1 Å². The Morgan fingerprint density at radius 2 is 0.969 bits per heavy atom. The standard InChI is InChI=1S/C26H30N6/c1-5-31(6-2)23-13-9-21(10-14-23)19-29-25(17-27)26(18-28)30-20-22-11-15-24(16-12-22)32(7-3)8-4/h9-16,19-20H,5-8H2,1-4H3. The van der Waals surface area contributed by atoms with Crippen molar-refractivity contribution >= 4 is 23.8 Å². The number of nitrogens with zero attached hydrogens (tertiary/aromatic N) is 6. The molecule has 164 valence electrons. The molecular weight excluding hydrogens is 396 g/mol. The second-order valence-corrected chi connectivity index (χ2v) is 6.96. The van der Waals surface area contributed by atoms with E-state index in [1.54, 1.807) is 12.4 Å². The molecule has 0 spiro atoms. The second-order valence-electron chi connectivity index (χ2n) is 6.96. The van der Waals surface area contributed by atoms with Gasteiger partial charge in [-0.2, -0.15) is 10.5 Å². The Kier molecular flexibility index (Phi) is 9.69. The Morgan fingerprint density at radius 1 is 0.656 bits per heavy atom. The summed E-state index contributed by atoms with van der Waals surface area (Å²) in [6.07, 6.45) is 3.16. The lowest BCUT2D eigenvalue weighted by Crippen LogP contribution is -2.21. The molecule has 0 atom stereocenters. The fourth-order valence-electron chi connectivity index (χ4n) is 3.28. The fraction of sp³-hybridized carbons (Fsp3) is 0.308. The van der Waals surface area contributed by atoms with Crippen molar-refractivity contribution in [3.05, 3.63) is 71.1 Å². The van der Waals surface area contributed by atoms with Crippen molar-refractivity contribution in [2.75, 3.05) is 36.0 Å². The lowest BCUT2D eigenvalue weighted by molar-refractivity contribution is 0.866. The monoisotopic (exact) mass is 426 g/mol. The van der Waals surface area contributed by atoms with E-state index in [1.165, 1.54) is 0 Å². The zero-order valence-corrected chi connectivity index (χ0v) is 19.3. The number of nitriles is 2. The van der Waals surface area contributed by atoms with Crippen molar-refractivity contribution in [2.24, 2.45) is 9.98 Å². The minimum absolute atomic E-state index is 0.0173. The molecule has 0 saturated carbocycles. The van der Waals surface area contributed by atoms with Crippen LogP contribution in [0.25, 0.3) is 0 Å². The predicted molar refractivity (Wildman–Crippen MR) is 133 cm³/mol. The number of allylic oxidation sites excluding steroid dienone is 2. The van der Waals surface area contributed by atoms with E-state index in [9.17, 15) is 10.5 Å². The summed E-state index contributed by atoms with van der Waals surface area (Å²) >= 11 is 0. The molecule has 0 unspecified atom stereocenters. The van der Waals surface area contributed by atoms with Crippen molar-refractivity contribution in [2.45, 2.75) is 27.7 Å². The zero-order valence-electron chi connectivity index (χ0n) is 19.3. The minimum Gasteiger partial charge on any atom is -0.372 e. The predicted octanol–water partition coefficient (Wildman–Crippen LogP) is 5.18. The maximum absolute atomic E-state index is 9.48. The highest BCUT2D eigenvalue weighted by atomic mass is 15.1. The molecule has 2 aromatic rings. The summed E-state index contributed by atoms with van der Waals surface area (Å²) in [7, 11) is 0. The van der Waals surface area contributed by atoms with Crippen LogP contribution in [0.1, 0.15) is 38.8 Å². The topological polar surface area (TPSA) is 78.8 Å². The van der Waals surface area contributed by atoms with E-state index in [0.29, 0.717) is 0 Å². The van der Waals surface area contributed by atoms with Crippen LogP contribution in [-0.2, 0) is 0 Å². The van der Waals surface area contributed by atoms with Gasteiger partial charge in [-0.1, -0.05) is 24.3 Å². The fourth-order valence-corrected chi connectivity index (χ4v) is 3.28. The van der Waals surface area contributed by atoms with Crippen molar-refractivity contribution in [1.82, 2.24) is 0 Å². The van der Waals surface area contributed by atoms with Gasteiger partial charge >= 0.3 is 0 Å². The average molecular weight is 427 g/mol. The third kappa shape index (κ3) is 6.55. The summed E-state index contributed by atoms with van der Waals surface area (Å²) in [5, 5.41) is 19.0. The van der Waals surface area contributed by atoms with Crippen LogP contribution in [0.4, 0.5) is 11.4 Å². The smallest absolute Gasteiger partial charge is 0.176 e. The Morgan fingerprint density at radius 3 is 1.22 bits per heavy atom. The largest absolute Gasteiger partial charge is 0.372 e. The van der Waals surface area contributed by atoms with Gasteiger partial charge in [0.05, 0.1) is 0 Å². The van der Waals surface area contributed by atoms with Gasteiger partial charge in [-0.15, -0.1) is 0 Å². The molecule has 0 bridgehead atoms. The molecule has 0 aromatic heterocycles. The van der Waals surface area contributed by atoms with E-state index in [4.69, 9.17) is 0 Å². The average Bonchev–Trinajstić information content (AvgIpc) is 2.84. The van der Waals surface area contributed by atoms with Gasteiger partial charge in [-0.05, 0) is 63.1 Å². The Labute approximate surface area is 191 Å². The quantitative estimate of drug-likeness (QED) is 0.387. The summed E-state index contributed by atoms with van der Waals surface area (Å²) in [6, 6.07) is 19.8. The highest BCUT2D eigenvalue weighted by Gasteiger charge is 2.05. The molecule has 32 heavy (non-hydrogen) atoms. The van der Waals surface area contributed by atoms with Crippen LogP contribution < -0.4 is 9.80 Å². The first-order valence-electron chi connectivity index (χ1n) is 10.9. The van der Waals surface area contributed by atoms with Gasteiger partial charge in [0.25, 0.3) is 0 Å². The summed E-state index contributed by atoms with van der Waals surface area (Å²) < 4.78 is 0. The van der Waals surface area contributed by atoms with Gasteiger partial charge in [-0.3, -0.25) is 0 Å². The number of hydrogen-bond donors (Lipinski definition) is 0. The maximum atomic E-state index is 9.48. The number of aliphatic imine (C=N–C) groups is 2. The van der Waals surface area contributed by atoms with Crippen molar-refractivity contribution in [1.29, 1.82) is 10.5 Å². The first-order chi connectivity index (χ1) is 15.6. The molecule has 0 amide bonds. The first-order valence-corrected chi connectivity index (χ1v) is 10.9. The van der Waals surface area contributed by atoms with Crippen LogP contribution >= 0.6 is 0 Å². The van der Waals surface area contributed by atoms with Crippen LogP contribution in [0.3, 0.4) is 0 Å². The summed E-state index contributed by atoms with van der Waals surface area (Å²) in [5.74, 6) is 0. The first kappa shape index (κ1) is 24.4. The van der Waals surface area contributed by atoms with Gasteiger partial charge in [-0.25, -0.2) is 9.98 Å². The lowest BCUT2D eigenvalue weighted by Gasteiger charge is -2.20. The second kappa shape index (κ2) is 12.7. The number of rotatable bonds is 10. The normalized spacial score (nSPS) is 11.8. The van der Waals surface area contributed by atoms with Crippen LogP contribution in [0.5, 0.6) is 0 Å². The van der Waals surface area contributed by atoms with E-state index >= 15 is 0 Å². The van der Waals surface area contributed by atoms with Gasteiger partial charge < -0.3 is 9.80 Å². The molecule has 0 aliphatic heterocycles. The van der Waals surface area contributed by atoms with Crippen LogP contribution in [0, 0.1) is 22.7 Å². The van der Waals surface area contributed by atoms with E-state index in [0.717, 1.165) is 48.7 Å². The lowest BCUT2D eigenvalue weighted by atomic mass is 10.2. The van der Waals surface area contributed by atoms with Crippen LogP contribution in [0.15, 0.2) is 69.9 Å². The third-order valence-corrected chi connectivity index (χ3v) is 5.16. The summed E-state index contributed by atoms with van der Waals surface area (Å²) in [6.45, 7) is 12.2. The van der Waals surface area contributed by atoms with Crippen molar-refractivity contribution in [3.8, 4) is 12.1 Å². The van der Waals surface area contributed by atoms with Gasteiger partial charge in [0.15, 0.2) is 11.4 Å².